The van der Waals surface area contributed by atoms with Crippen LogP contribution < -0.4 is 14.8 Å². The summed E-state index contributed by atoms with van der Waals surface area (Å²) in [5, 5.41) is 2.78. The molecule has 0 aliphatic heterocycles. The molecule has 0 fully saturated rings. The lowest BCUT2D eigenvalue weighted by atomic mass is 10.1. The van der Waals surface area contributed by atoms with Gasteiger partial charge in [-0.1, -0.05) is 29.8 Å². The summed E-state index contributed by atoms with van der Waals surface area (Å²) < 4.78 is 33.3. The van der Waals surface area contributed by atoms with Crippen LogP contribution in [0.2, 0.25) is 0 Å². The van der Waals surface area contributed by atoms with E-state index in [2.05, 4.69) is 10.0 Å². The van der Waals surface area contributed by atoms with Crippen LogP contribution >= 0.6 is 0 Å². The van der Waals surface area contributed by atoms with E-state index in [1.165, 1.54) is 11.6 Å². The molecule has 0 saturated heterocycles. The molecule has 0 heterocycles. The number of aryl methyl sites for hydroxylation is 3. The Kier molecular flexibility index (Phi) is 6.97. The van der Waals surface area contributed by atoms with Gasteiger partial charge in [0.1, 0.15) is 12.4 Å². The van der Waals surface area contributed by atoms with Crippen LogP contribution in [0.25, 0.3) is 0 Å². The van der Waals surface area contributed by atoms with Gasteiger partial charge < -0.3 is 10.1 Å². The number of carbonyl (C=O) groups excluding carboxylic acids is 1. The number of hydrogen-bond donors (Lipinski definition) is 2. The number of ether oxygens (including phenoxy) is 1. The number of nitrogens with one attached hydrogen (secondary N) is 2. The quantitative estimate of drug-likeness (QED) is 0.516. The topological polar surface area (TPSA) is 84.5 Å². The van der Waals surface area contributed by atoms with E-state index in [4.69, 9.17) is 4.74 Å². The maximum Gasteiger partial charge on any atom is 0.261 e. The minimum absolute atomic E-state index is 0.163. The second kappa shape index (κ2) is 9.66. The van der Waals surface area contributed by atoms with Crippen molar-refractivity contribution in [3.05, 3.63) is 89.0 Å². The molecule has 31 heavy (non-hydrogen) atoms. The number of benzene rings is 3. The van der Waals surface area contributed by atoms with Crippen LogP contribution in [0, 0.1) is 20.8 Å². The molecule has 0 saturated carbocycles. The van der Waals surface area contributed by atoms with Gasteiger partial charge in [-0.15, -0.1) is 0 Å². The van der Waals surface area contributed by atoms with Gasteiger partial charge in [-0.2, -0.15) is 0 Å². The molecule has 0 aliphatic carbocycles. The van der Waals surface area contributed by atoms with Crippen LogP contribution in [-0.2, 0) is 10.0 Å². The van der Waals surface area contributed by atoms with Gasteiger partial charge in [0.2, 0.25) is 0 Å². The average Bonchev–Trinajstić information content (AvgIpc) is 2.73. The van der Waals surface area contributed by atoms with Gasteiger partial charge in [0, 0.05) is 11.3 Å². The van der Waals surface area contributed by atoms with Crippen molar-refractivity contribution >= 4 is 21.6 Å². The van der Waals surface area contributed by atoms with E-state index < -0.39 is 10.0 Å². The predicted octanol–water partition coefficient (Wildman–Crippen LogP) is 4.22. The first-order valence-corrected chi connectivity index (χ1v) is 11.4. The highest BCUT2D eigenvalue weighted by atomic mass is 32.2. The maximum absolute atomic E-state index is 12.6. The normalized spacial score (nSPS) is 11.1. The SMILES string of the molecule is Cc1ccc(S(=O)(=O)Nc2cccc(C(=O)NCCOc3ccc(C)c(C)c3)c2)cc1. The zero-order valence-corrected chi connectivity index (χ0v) is 18.6. The zero-order chi connectivity index (χ0) is 22.4. The molecule has 0 unspecified atom stereocenters. The van der Waals surface area contributed by atoms with Crippen molar-refractivity contribution in [3.63, 3.8) is 0 Å². The third-order valence-electron chi connectivity index (χ3n) is 4.84. The number of carbonyl (C=O) groups is 1. The van der Waals surface area contributed by atoms with Crippen LogP contribution in [-0.4, -0.2) is 27.5 Å². The molecule has 2 N–H and O–H groups in total. The second-order valence-electron chi connectivity index (χ2n) is 7.35. The van der Waals surface area contributed by atoms with Crippen molar-refractivity contribution < 1.29 is 17.9 Å². The molecule has 0 atom stereocenters. The third-order valence-corrected chi connectivity index (χ3v) is 6.24. The van der Waals surface area contributed by atoms with Crippen molar-refractivity contribution in [3.8, 4) is 5.75 Å². The molecule has 0 aromatic heterocycles. The number of amides is 1. The number of anilines is 1. The Morgan fingerprint density at radius 2 is 1.65 bits per heavy atom. The largest absolute Gasteiger partial charge is 0.492 e. The fraction of sp³-hybridized carbons (Fsp3) is 0.208. The Morgan fingerprint density at radius 1 is 0.903 bits per heavy atom. The summed E-state index contributed by atoms with van der Waals surface area (Å²) >= 11 is 0. The van der Waals surface area contributed by atoms with Crippen molar-refractivity contribution in [2.75, 3.05) is 17.9 Å². The third kappa shape index (κ3) is 6.08. The first-order valence-electron chi connectivity index (χ1n) is 9.92. The van der Waals surface area contributed by atoms with Crippen molar-refractivity contribution in [1.82, 2.24) is 5.32 Å². The lowest BCUT2D eigenvalue weighted by Gasteiger charge is -2.11. The first-order chi connectivity index (χ1) is 14.7. The van der Waals surface area contributed by atoms with E-state index in [0.717, 1.165) is 16.9 Å². The van der Waals surface area contributed by atoms with E-state index in [-0.39, 0.29) is 10.8 Å². The minimum atomic E-state index is -3.73. The standard InChI is InChI=1S/C24H26N2O4S/c1-17-7-11-23(12-8-17)31(28,29)26-21-6-4-5-20(16-21)24(27)25-13-14-30-22-10-9-18(2)19(3)15-22/h4-12,15-16,26H,13-14H2,1-3H3,(H,25,27). The Hall–Kier alpha value is -3.32. The number of hydrogen-bond acceptors (Lipinski definition) is 4. The van der Waals surface area contributed by atoms with E-state index >= 15 is 0 Å². The minimum Gasteiger partial charge on any atom is -0.492 e. The van der Waals surface area contributed by atoms with Gasteiger partial charge in [-0.3, -0.25) is 9.52 Å². The Balaban J connectivity index is 1.57. The van der Waals surface area contributed by atoms with Crippen LogP contribution in [0.3, 0.4) is 0 Å². The molecule has 0 radical (unpaired) electrons. The molecule has 3 rings (SSSR count). The van der Waals surface area contributed by atoms with E-state index in [1.54, 1.807) is 42.5 Å². The molecule has 0 bridgehead atoms. The zero-order valence-electron chi connectivity index (χ0n) is 17.8. The first kappa shape index (κ1) is 22.4. The van der Waals surface area contributed by atoms with Gasteiger partial charge in [0.15, 0.2) is 0 Å². The highest BCUT2D eigenvalue weighted by Crippen LogP contribution is 2.18. The Morgan fingerprint density at radius 3 is 2.35 bits per heavy atom. The maximum atomic E-state index is 12.6. The van der Waals surface area contributed by atoms with E-state index in [9.17, 15) is 13.2 Å². The van der Waals surface area contributed by atoms with Crippen LogP contribution in [0.1, 0.15) is 27.0 Å². The van der Waals surface area contributed by atoms with Crippen molar-refractivity contribution in [2.24, 2.45) is 0 Å². The average molecular weight is 439 g/mol. The van der Waals surface area contributed by atoms with Crippen molar-refractivity contribution in [1.29, 1.82) is 0 Å². The van der Waals surface area contributed by atoms with Crippen LogP contribution in [0.5, 0.6) is 5.75 Å². The fourth-order valence-corrected chi connectivity index (χ4v) is 3.94. The lowest BCUT2D eigenvalue weighted by molar-refractivity contribution is 0.0947. The summed E-state index contributed by atoms with van der Waals surface area (Å²) in [5.41, 5.74) is 3.99. The summed E-state index contributed by atoms with van der Waals surface area (Å²) in [6, 6.07) is 18.8. The molecule has 3 aromatic carbocycles. The van der Waals surface area contributed by atoms with Crippen LogP contribution in [0.15, 0.2) is 71.6 Å². The van der Waals surface area contributed by atoms with Crippen LogP contribution in [0.4, 0.5) is 5.69 Å². The monoisotopic (exact) mass is 438 g/mol. The van der Waals surface area contributed by atoms with E-state index in [0.29, 0.717) is 24.4 Å². The highest BCUT2D eigenvalue weighted by Gasteiger charge is 2.15. The molecule has 3 aromatic rings. The van der Waals surface area contributed by atoms with E-state index in [1.807, 2.05) is 39.0 Å². The molecule has 6 nitrogen and oxygen atoms in total. The summed E-state index contributed by atoms with van der Waals surface area (Å²) in [6.07, 6.45) is 0. The van der Waals surface area contributed by atoms with Gasteiger partial charge >= 0.3 is 0 Å². The second-order valence-corrected chi connectivity index (χ2v) is 9.03. The van der Waals surface area contributed by atoms with Gasteiger partial charge in [0.25, 0.3) is 15.9 Å². The molecular weight excluding hydrogens is 412 g/mol. The molecular formula is C24H26N2O4S. The molecule has 0 spiro atoms. The molecule has 1 amide bonds. The predicted molar refractivity (Wildman–Crippen MR) is 122 cm³/mol. The molecule has 0 aliphatic rings. The van der Waals surface area contributed by atoms with Gasteiger partial charge in [-0.05, 0) is 74.4 Å². The summed E-state index contributed by atoms with van der Waals surface area (Å²) in [5.74, 6) is 0.449. The highest BCUT2D eigenvalue weighted by molar-refractivity contribution is 7.92. The Bertz CT molecular complexity index is 1170. The molecule has 162 valence electrons. The van der Waals surface area contributed by atoms with Gasteiger partial charge in [0.05, 0.1) is 11.4 Å². The summed E-state index contributed by atoms with van der Waals surface area (Å²) in [4.78, 5) is 12.6. The molecule has 7 heteroatoms. The lowest BCUT2D eigenvalue weighted by Crippen LogP contribution is -2.28. The number of sulfonamides is 1. The smallest absolute Gasteiger partial charge is 0.261 e. The number of rotatable bonds is 8. The van der Waals surface area contributed by atoms with Gasteiger partial charge in [-0.25, -0.2) is 8.42 Å². The Labute approximate surface area is 183 Å². The van der Waals surface area contributed by atoms with Crippen molar-refractivity contribution in [2.45, 2.75) is 25.7 Å². The summed E-state index contributed by atoms with van der Waals surface area (Å²) in [7, 11) is -3.73. The summed E-state index contributed by atoms with van der Waals surface area (Å²) in [6.45, 7) is 6.59. The fourth-order valence-electron chi connectivity index (χ4n) is 2.89.